The molecule has 0 aliphatic carbocycles. The van der Waals surface area contributed by atoms with Gasteiger partial charge in [-0.15, -0.1) is 0 Å². The van der Waals surface area contributed by atoms with E-state index in [0.717, 1.165) is 11.6 Å². The predicted molar refractivity (Wildman–Crippen MR) is 147 cm³/mol. The van der Waals surface area contributed by atoms with Gasteiger partial charge in [-0.25, -0.2) is 17.9 Å². The second-order valence-electron chi connectivity index (χ2n) is 10.1. The molecule has 1 fully saturated rings. The lowest BCUT2D eigenvalue weighted by molar-refractivity contribution is -0.133. The van der Waals surface area contributed by atoms with Gasteiger partial charge in [0.15, 0.2) is 5.60 Å². The molecule has 3 N–H and O–H groups in total. The molecule has 3 aromatic carbocycles. The largest absolute Gasteiger partial charge is 0.436 e. The molecule has 2 atom stereocenters. The highest BCUT2D eigenvalue weighted by molar-refractivity contribution is 7.90. The van der Waals surface area contributed by atoms with E-state index in [1.54, 1.807) is 18.2 Å². The molecule has 1 spiro atoms. The van der Waals surface area contributed by atoms with Gasteiger partial charge in [-0.1, -0.05) is 41.9 Å². The van der Waals surface area contributed by atoms with Crippen LogP contribution in [0.4, 0.5) is 10.5 Å². The lowest BCUT2D eigenvalue weighted by Crippen LogP contribution is -2.50. The number of hydrogen-bond acceptors (Lipinski definition) is 7. The second-order valence-corrected chi connectivity index (χ2v) is 12.2. The molecule has 0 aromatic heterocycles. The van der Waals surface area contributed by atoms with E-state index in [0.29, 0.717) is 22.7 Å². The van der Waals surface area contributed by atoms with E-state index in [1.165, 1.54) is 17.0 Å². The minimum atomic E-state index is -4.08. The minimum Gasteiger partial charge on any atom is -0.436 e. The van der Waals surface area contributed by atoms with E-state index < -0.39 is 45.5 Å². The smallest absolute Gasteiger partial charge is 0.412 e. The number of carbonyl (C=O) groups excluding carboxylic acids is 4. The summed E-state index contributed by atoms with van der Waals surface area (Å²) in [5.74, 6) is -1.85. The summed E-state index contributed by atoms with van der Waals surface area (Å²) < 4.78 is 32.2. The Morgan fingerprint density at radius 1 is 1.07 bits per heavy atom. The van der Waals surface area contributed by atoms with Gasteiger partial charge in [0.05, 0.1) is 17.8 Å². The van der Waals surface area contributed by atoms with Crippen molar-refractivity contribution in [3.63, 3.8) is 0 Å². The van der Waals surface area contributed by atoms with Crippen molar-refractivity contribution in [1.29, 1.82) is 0 Å². The Labute approximate surface area is 239 Å². The first-order valence-electron chi connectivity index (χ1n) is 12.7. The van der Waals surface area contributed by atoms with Gasteiger partial charge in [0.25, 0.3) is 21.8 Å². The molecule has 3 aliphatic heterocycles. The van der Waals surface area contributed by atoms with E-state index in [-0.39, 0.29) is 35.5 Å². The van der Waals surface area contributed by atoms with Gasteiger partial charge >= 0.3 is 6.09 Å². The zero-order valence-electron chi connectivity index (χ0n) is 21.3. The number of carbonyl (C=O) groups is 4. The van der Waals surface area contributed by atoms with Crippen LogP contribution in [0.1, 0.15) is 38.3 Å². The van der Waals surface area contributed by atoms with Crippen LogP contribution in [0.2, 0.25) is 5.02 Å². The lowest BCUT2D eigenvalue weighted by Gasteiger charge is -2.35. The highest BCUT2D eigenvalue weighted by Crippen LogP contribution is 2.44. The highest BCUT2D eigenvalue weighted by atomic mass is 35.5. The summed E-state index contributed by atoms with van der Waals surface area (Å²) in [4.78, 5) is 52.8. The molecular formula is C28H23ClN4O7S. The number of rotatable bonds is 5. The molecule has 41 heavy (non-hydrogen) atoms. The fourth-order valence-electron chi connectivity index (χ4n) is 5.46. The summed E-state index contributed by atoms with van der Waals surface area (Å²) in [6.07, 6.45) is -0.153. The lowest BCUT2D eigenvalue weighted by atomic mass is 9.90. The molecule has 1 unspecified atom stereocenters. The Balaban J connectivity index is 1.28. The van der Waals surface area contributed by atoms with Crippen molar-refractivity contribution in [2.75, 3.05) is 18.4 Å². The quantitative estimate of drug-likeness (QED) is 0.411. The average molecular weight is 595 g/mol. The van der Waals surface area contributed by atoms with E-state index >= 15 is 0 Å². The van der Waals surface area contributed by atoms with E-state index in [2.05, 4.69) is 10.6 Å². The summed E-state index contributed by atoms with van der Waals surface area (Å²) in [7, 11) is -4.08. The summed E-state index contributed by atoms with van der Waals surface area (Å²) >= 11 is 6.23. The molecule has 11 nitrogen and oxygen atoms in total. The zero-order chi connectivity index (χ0) is 28.9. The van der Waals surface area contributed by atoms with Crippen LogP contribution >= 0.6 is 11.6 Å². The average Bonchev–Trinajstić information content (AvgIpc) is 3.46. The Morgan fingerprint density at radius 3 is 2.63 bits per heavy atom. The van der Waals surface area contributed by atoms with Crippen LogP contribution in [-0.4, -0.2) is 56.3 Å². The summed E-state index contributed by atoms with van der Waals surface area (Å²) in [6.45, 7) is 0.308. The highest BCUT2D eigenvalue weighted by Gasteiger charge is 2.49. The Morgan fingerprint density at radius 2 is 1.85 bits per heavy atom. The van der Waals surface area contributed by atoms with Gasteiger partial charge in [-0.3, -0.25) is 19.7 Å². The molecule has 0 radical (unpaired) electrons. The number of nitrogens with zero attached hydrogens (tertiary/aromatic N) is 1. The van der Waals surface area contributed by atoms with Gasteiger partial charge in [-0.05, 0) is 42.0 Å². The van der Waals surface area contributed by atoms with Crippen molar-refractivity contribution < 1.29 is 32.3 Å². The van der Waals surface area contributed by atoms with E-state index in [9.17, 15) is 27.6 Å². The number of fused-ring (bicyclic) bond motifs is 3. The van der Waals surface area contributed by atoms with Crippen LogP contribution < -0.4 is 15.4 Å². The van der Waals surface area contributed by atoms with Crippen LogP contribution in [-0.2, 0) is 31.6 Å². The van der Waals surface area contributed by atoms with Crippen LogP contribution in [0.3, 0.4) is 0 Å². The number of sulfonamides is 1. The van der Waals surface area contributed by atoms with Crippen molar-refractivity contribution in [2.45, 2.75) is 29.4 Å². The Bertz CT molecular complexity index is 1730. The van der Waals surface area contributed by atoms with Crippen molar-refractivity contribution in [3.8, 4) is 0 Å². The molecule has 210 valence electrons. The molecule has 3 aromatic rings. The minimum absolute atomic E-state index is 0.0246. The van der Waals surface area contributed by atoms with Crippen molar-refractivity contribution in [1.82, 2.24) is 14.9 Å². The van der Waals surface area contributed by atoms with Gasteiger partial charge < -0.3 is 15.0 Å². The second kappa shape index (κ2) is 9.89. The molecule has 3 aliphatic rings. The maximum atomic E-state index is 13.9. The van der Waals surface area contributed by atoms with E-state index in [4.69, 9.17) is 16.3 Å². The predicted octanol–water partition coefficient (Wildman–Crippen LogP) is 2.80. The SMILES string of the molecule is O=C1Nc2ccc(Cl)cc2C2(CCN(C(=O)[C@H](Cc3ccccc3)NC(=O)c3ccc4c(c3)S(=O)(=O)NC4=O)C2)O1. The topological polar surface area (TPSA) is 151 Å². The Kier molecular flexibility index (Phi) is 6.46. The molecule has 4 amide bonds. The van der Waals surface area contributed by atoms with Crippen molar-refractivity contribution in [3.05, 3.63) is 94.0 Å². The molecule has 0 saturated carbocycles. The monoisotopic (exact) mass is 594 g/mol. The molecule has 13 heteroatoms. The number of hydrogen-bond donors (Lipinski definition) is 3. The van der Waals surface area contributed by atoms with Gasteiger partial charge in [0.1, 0.15) is 10.9 Å². The van der Waals surface area contributed by atoms with Crippen LogP contribution in [0.5, 0.6) is 0 Å². The number of nitrogens with one attached hydrogen (secondary N) is 3. The molecule has 0 bridgehead atoms. The zero-order valence-corrected chi connectivity index (χ0v) is 22.9. The fraction of sp³-hybridized carbons (Fsp3) is 0.214. The summed E-state index contributed by atoms with van der Waals surface area (Å²) in [6, 6.07) is 16.8. The first-order valence-corrected chi connectivity index (χ1v) is 14.6. The van der Waals surface area contributed by atoms with Crippen LogP contribution in [0, 0.1) is 0 Å². The van der Waals surface area contributed by atoms with Crippen molar-refractivity contribution in [2.24, 2.45) is 0 Å². The van der Waals surface area contributed by atoms with Gasteiger partial charge in [-0.2, -0.15) is 0 Å². The van der Waals surface area contributed by atoms with E-state index in [1.807, 2.05) is 35.1 Å². The van der Waals surface area contributed by atoms with Gasteiger partial charge in [0.2, 0.25) is 5.91 Å². The summed E-state index contributed by atoms with van der Waals surface area (Å²) in [5, 5.41) is 5.86. The number of likely N-dealkylation sites (tertiary alicyclic amines) is 1. The third kappa shape index (κ3) is 4.89. The first-order chi connectivity index (χ1) is 19.5. The molecule has 6 rings (SSSR count). The number of ether oxygens (including phenoxy) is 1. The molecule has 3 heterocycles. The third-order valence-electron chi connectivity index (χ3n) is 7.43. The number of amides is 4. The van der Waals surface area contributed by atoms with Crippen molar-refractivity contribution >= 4 is 51.1 Å². The fourth-order valence-corrected chi connectivity index (χ4v) is 6.83. The summed E-state index contributed by atoms with van der Waals surface area (Å²) in [5.41, 5.74) is 0.811. The molecule has 1 saturated heterocycles. The first kappa shape index (κ1) is 26.8. The number of benzene rings is 3. The number of anilines is 1. The number of halogens is 1. The Hall–Kier alpha value is -4.42. The van der Waals surface area contributed by atoms with Crippen LogP contribution in [0.25, 0.3) is 0 Å². The van der Waals surface area contributed by atoms with Crippen LogP contribution in [0.15, 0.2) is 71.6 Å². The standard InChI is InChI=1S/C28H23ClN4O7S/c29-18-7-9-21-20(14-18)28(40-27(37)31-21)10-11-33(15-28)26(36)22(12-16-4-2-1-3-5-16)30-24(34)17-6-8-19-23(13-17)41(38,39)32-25(19)35/h1-9,13-14,22H,10-12,15H2,(H,30,34)(H,31,37)(H,32,35)/t22-,28?/m0/s1. The van der Waals surface area contributed by atoms with Gasteiger partial charge in [0, 0.05) is 35.5 Å². The molecular weight excluding hydrogens is 572 g/mol. The maximum Gasteiger partial charge on any atom is 0.412 e. The maximum absolute atomic E-state index is 13.9. The normalized spacial score (nSPS) is 20.9. The third-order valence-corrected chi connectivity index (χ3v) is 9.04.